The second-order valence-corrected chi connectivity index (χ2v) is 5.98. The summed E-state index contributed by atoms with van der Waals surface area (Å²) in [4.78, 5) is 36.1. The van der Waals surface area contributed by atoms with E-state index in [0.717, 1.165) is 19.3 Å². The number of hydrogen-bond donors (Lipinski definition) is 2. The molecule has 1 aromatic heterocycles. The molecule has 1 aromatic carbocycles. The number of rotatable bonds is 4. The van der Waals surface area contributed by atoms with Gasteiger partial charge in [0, 0.05) is 0 Å². The molecule has 3 rings (SSSR count). The van der Waals surface area contributed by atoms with Crippen molar-refractivity contribution in [3.05, 3.63) is 34.8 Å². The highest BCUT2D eigenvalue weighted by molar-refractivity contribution is 5.90. The fraction of sp³-hybridized carbons (Fsp3) is 0.438. The molecule has 2 aromatic rings. The smallest absolute Gasteiger partial charge is 0.408 e. The van der Waals surface area contributed by atoms with Crippen molar-refractivity contribution in [2.75, 3.05) is 0 Å². The third kappa shape index (κ3) is 2.86. The zero-order valence-electron chi connectivity index (χ0n) is 12.7. The quantitative estimate of drug-likeness (QED) is 0.873. The molecule has 1 fully saturated rings. The fourth-order valence-corrected chi connectivity index (χ4v) is 3.20. The molecule has 0 bridgehead atoms. The van der Waals surface area contributed by atoms with E-state index in [0.29, 0.717) is 23.9 Å². The van der Waals surface area contributed by atoms with E-state index >= 15 is 0 Å². The lowest BCUT2D eigenvalue weighted by Gasteiger charge is -2.35. The first-order valence-electron chi connectivity index (χ1n) is 7.71. The molecule has 23 heavy (non-hydrogen) atoms. The van der Waals surface area contributed by atoms with Crippen molar-refractivity contribution >= 4 is 22.9 Å². The minimum Gasteiger partial charge on any atom is -0.408 e. The van der Waals surface area contributed by atoms with Crippen LogP contribution in [0.5, 0.6) is 0 Å². The monoisotopic (exact) mass is 317 g/mol. The van der Waals surface area contributed by atoms with Crippen LogP contribution in [0.15, 0.2) is 33.5 Å². The van der Waals surface area contributed by atoms with Crippen LogP contribution in [-0.4, -0.2) is 21.9 Å². The Morgan fingerprint density at radius 1 is 1.22 bits per heavy atom. The molecule has 0 atom stereocenters. The van der Waals surface area contributed by atoms with Crippen molar-refractivity contribution in [1.29, 1.82) is 0 Å². The van der Waals surface area contributed by atoms with E-state index in [1.807, 2.05) is 0 Å². The average molecular weight is 317 g/mol. The Hall–Kier alpha value is -2.57. The molecule has 7 nitrogen and oxygen atoms in total. The minimum absolute atomic E-state index is 0.203. The van der Waals surface area contributed by atoms with Crippen LogP contribution in [-0.2, 0) is 16.1 Å². The van der Waals surface area contributed by atoms with Crippen molar-refractivity contribution in [3.63, 3.8) is 0 Å². The van der Waals surface area contributed by atoms with Gasteiger partial charge in [0.1, 0.15) is 12.1 Å². The van der Waals surface area contributed by atoms with Gasteiger partial charge in [-0.3, -0.25) is 14.2 Å². The van der Waals surface area contributed by atoms with E-state index in [-0.39, 0.29) is 6.54 Å². The van der Waals surface area contributed by atoms with E-state index in [9.17, 15) is 14.4 Å². The van der Waals surface area contributed by atoms with Gasteiger partial charge >= 0.3 is 5.76 Å². The minimum atomic E-state index is -1.00. The predicted octanol–water partition coefficient (Wildman–Crippen LogP) is 0.899. The van der Waals surface area contributed by atoms with E-state index in [1.165, 1.54) is 4.57 Å². The second kappa shape index (κ2) is 5.91. The maximum atomic E-state index is 12.4. The maximum absolute atomic E-state index is 12.4. The largest absolute Gasteiger partial charge is 0.420 e. The van der Waals surface area contributed by atoms with Gasteiger partial charge in [-0.1, -0.05) is 31.4 Å². The van der Waals surface area contributed by atoms with E-state index in [2.05, 4.69) is 5.32 Å². The lowest BCUT2D eigenvalue weighted by Crippen LogP contribution is -2.59. The number of nitrogens with zero attached hydrogens (tertiary/aromatic N) is 1. The lowest BCUT2D eigenvalue weighted by molar-refractivity contribution is -0.133. The van der Waals surface area contributed by atoms with Crippen molar-refractivity contribution < 1.29 is 14.0 Å². The van der Waals surface area contributed by atoms with Gasteiger partial charge in [0.2, 0.25) is 11.8 Å². The molecule has 3 N–H and O–H groups in total. The molecular weight excluding hydrogens is 298 g/mol. The summed E-state index contributed by atoms with van der Waals surface area (Å²) < 4.78 is 6.35. The summed E-state index contributed by atoms with van der Waals surface area (Å²) in [7, 11) is 0. The molecule has 0 radical (unpaired) electrons. The van der Waals surface area contributed by atoms with Gasteiger partial charge < -0.3 is 15.5 Å². The third-order valence-corrected chi connectivity index (χ3v) is 4.43. The molecule has 122 valence electrons. The molecule has 0 aliphatic heterocycles. The Labute approximate surface area is 132 Å². The number of amides is 2. The number of carbonyl (C=O) groups excluding carboxylic acids is 2. The van der Waals surface area contributed by atoms with Gasteiger partial charge in [-0.15, -0.1) is 0 Å². The summed E-state index contributed by atoms with van der Waals surface area (Å²) in [6, 6.07) is 6.88. The van der Waals surface area contributed by atoms with E-state index in [1.54, 1.807) is 24.3 Å². The molecule has 1 saturated carbocycles. The number of oxazole rings is 1. The fourth-order valence-electron chi connectivity index (χ4n) is 3.20. The Morgan fingerprint density at radius 3 is 2.61 bits per heavy atom. The standard InChI is InChI=1S/C16H19N3O4/c17-14(21)16(8-4-1-5-9-16)18-13(20)10-19-11-6-2-3-7-12(11)23-15(19)22/h2-3,6-7H,1,4-5,8-10H2,(H2,17,21)(H,18,20). The van der Waals surface area contributed by atoms with E-state index < -0.39 is 23.1 Å². The van der Waals surface area contributed by atoms with Crippen molar-refractivity contribution in [1.82, 2.24) is 9.88 Å². The zero-order chi connectivity index (χ0) is 16.4. The Bertz CT molecular complexity index is 799. The number of carbonyl (C=O) groups is 2. The van der Waals surface area contributed by atoms with Gasteiger partial charge in [0.25, 0.3) is 0 Å². The third-order valence-electron chi connectivity index (χ3n) is 4.43. The van der Waals surface area contributed by atoms with Crippen molar-refractivity contribution in [2.24, 2.45) is 5.73 Å². The topological polar surface area (TPSA) is 107 Å². The van der Waals surface area contributed by atoms with Gasteiger partial charge in [0.05, 0.1) is 5.52 Å². The lowest BCUT2D eigenvalue weighted by atomic mass is 9.81. The van der Waals surface area contributed by atoms with Crippen LogP contribution in [0.1, 0.15) is 32.1 Å². The summed E-state index contributed by atoms with van der Waals surface area (Å²) >= 11 is 0. The zero-order valence-corrected chi connectivity index (χ0v) is 12.7. The van der Waals surface area contributed by atoms with Gasteiger partial charge in [0.15, 0.2) is 5.58 Å². The number of hydrogen-bond acceptors (Lipinski definition) is 4. The van der Waals surface area contributed by atoms with Crippen LogP contribution in [0.25, 0.3) is 11.1 Å². The van der Waals surface area contributed by atoms with Crippen molar-refractivity contribution in [3.8, 4) is 0 Å². The number of nitrogens with one attached hydrogen (secondary N) is 1. The molecule has 1 heterocycles. The molecule has 2 amide bonds. The summed E-state index contributed by atoms with van der Waals surface area (Å²) in [6.07, 6.45) is 3.79. The van der Waals surface area contributed by atoms with Crippen LogP contribution in [0, 0.1) is 0 Å². The number of para-hydroxylation sites is 2. The van der Waals surface area contributed by atoms with Crippen molar-refractivity contribution in [2.45, 2.75) is 44.2 Å². The van der Waals surface area contributed by atoms with Crippen LogP contribution in [0.4, 0.5) is 0 Å². The molecule has 7 heteroatoms. The summed E-state index contributed by atoms with van der Waals surface area (Å²) in [6.45, 7) is -0.203. The number of aromatic nitrogens is 1. The molecule has 0 spiro atoms. The molecular formula is C16H19N3O4. The maximum Gasteiger partial charge on any atom is 0.420 e. The number of fused-ring (bicyclic) bond motifs is 1. The number of benzene rings is 1. The molecule has 1 aliphatic rings. The Balaban J connectivity index is 1.82. The highest BCUT2D eigenvalue weighted by Crippen LogP contribution is 2.28. The Morgan fingerprint density at radius 2 is 1.91 bits per heavy atom. The number of nitrogens with two attached hydrogens (primary N) is 1. The van der Waals surface area contributed by atoms with Crippen LogP contribution >= 0.6 is 0 Å². The van der Waals surface area contributed by atoms with Crippen LogP contribution in [0.3, 0.4) is 0 Å². The number of primary amides is 1. The second-order valence-electron chi connectivity index (χ2n) is 5.98. The normalized spacial score (nSPS) is 17.0. The first-order valence-corrected chi connectivity index (χ1v) is 7.71. The van der Waals surface area contributed by atoms with Gasteiger partial charge in [-0.05, 0) is 25.0 Å². The Kier molecular flexibility index (Phi) is 3.94. The summed E-state index contributed by atoms with van der Waals surface area (Å²) in [5.41, 5.74) is 5.47. The molecule has 0 unspecified atom stereocenters. The van der Waals surface area contributed by atoms with E-state index in [4.69, 9.17) is 10.2 Å². The van der Waals surface area contributed by atoms with Gasteiger partial charge in [-0.25, -0.2) is 4.79 Å². The SMILES string of the molecule is NC(=O)C1(NC(=O)Cn2c(=O)oc3ccccc32)CCCCC1. The molecule has 1 aliphatic carbocycles. The first kappa shape index (κ1) is 15.3. The summed E-state index contributed by atoms with van der Waals surface area (Å²) in [5.74, 6) is -1.53. The highest BCUT2D eigenvalue weighted by Gasteiger charge is 2.39. The average Bonchev–Trinajstić information content (AvgIpc) is 2.84. The first-order chi connectivity index (χ1) is 11.0. The predicted molar refractivity (Wildman–Crippen MR) is 83.6 cm³/mol. The van der Waals surface area contributed by atoms with Crippen LogP contribution < -0.4 is 16.8 Å². The summed E-state index contributed by atoms with van der Waals surface area (Å²) in [5, 5.41) is 2.75. The van der Waals surface area contributed by atoms with Gasteiger partial charge in [-0.2, -0.15) is 0 Å². The van der Waals surface area contributed by atoms with Crippen LogP contribution in [0.2, 0.25) is 0 Å². The molecule has 0 saturated heterocycles. The highest BCUT2D eigenvalue weighted by atomic mass is 16.4.